The summed E-state index contributed by atoms with van der Waals surface area (Å²) in [6, 6.07) is 9.18. The highest BCUT2D eigenvalue weighted by Crippen LogP contribution is 2.44. The predicted octanol–water partition coefficient (Wildman–Crippen LogP) is 1.51. The van der Waals surface area contributed by atoms with E-state index in [1.54, 1.807) is 40.1 Å². The molecule has 2 fully saturated rings. The van der Waals surface area contributed by atoms with Gasteiger partial charge in [0.25, 0.3) is 5.91 Å². The third-order valence-corrected chi connectivity index (χ3v) is 6.67. The number of amides is 2. The molecule has 1 aromatic carbocycles. The van der Waals surface area contributed by atoms with Gasteiger partial charge in [0.1, 0.15) is 0 Å². The Hall–Kier alpha value is -3.20. The van der Waals surface area contributed by atoms with E-state index in [0.717, 1.165) is 0 Å². The van der Waals surface area contributed by atoms with Crippen LogP contribution in [0.15, 0.2) is 42.7 Å². The molecular formula is C23H28N4O5. The topological polar surface area (TPSA) is 94.0 Å². The number of carbonyl (C=O) groups excluding carboxylic acids is 3. The highest BCUT2D eigenvalue weighted by atomic mass is 16.5. The number of nitrogens with zero attached hydrogens (tertiary/aromatic N) is 4. The minimum Gasteiger partial charge on any atom is -0.469 e. The number of likely N-dealkylation sites (tertiary alicyclic amines) is 2. The number of hydrogen-bond acceptors (Lipinski definition) is 6. The van der Waals surface area contributed by atoms with Crippen LogP contribution < -0.4 is 0 Å². The van der Waals surface area contributed by atoms with Crippen LogP contribution in [-0.4, -0.2) is 83.4 Å². The first-order chi connectivity index (χ1) is 15.5. The van der Waals surface area contributed by atoms with Crippen molar-refractivity contribution in [2.24, 2.45) is 5.92 Å². The lowest BCUT2D eigenvalue weighted by atomic mass is 9.76. The van der Waals surface area contributed by atoms with Crippen molar-refractivity contribution in [3.05, 3.63) is 48.3 Å². The zero-order valence-electron chi connectivity index (χ0n) is 18.4. The van der Waals surface area contributed by atoms with Crippen molar-refractivity contribution < 1.29 is 23.9 Å². The lowest BCUT2D eigenvalue weighted by Crippen LogP contribution is -2.58. The Labute approximate surface area is 186 Å². The summed E-state index contributed by atoms with van der Waals surface area (Å²) < 4.78 is 11.9. The van der Waals surface area contributed by atoms with E-state index in [-0.39, 0.29) is 24.2 Å². The largest absolute Gasteiger partial charge is 0.469 e. The summed E-state index contributed by atoms with van der Waals surface area (Å²) in [7, 11) is 2.94. The smallest absolute Gasteiger partial charge is 0.311 e. The van der Waals surface area contributed by atoms with Crippen molar-refractivity contribution in [2.75, 3.05) is 40.5 Å². The Morgan fingerprint density at radius 3 is 2.56 bits per heavy atom. The number of benzene rings is 1. The lowest BCUT2D eigenvalue weighted by Gasteiger charge is -2.47. The summed E-state index contributed by atoms with van der Waals surface area (Å²) in [5.41, 5.74) is 0.629. The fraction of sp³-hybridized carbons (Fsp3) is 0.478. The lowest BCUT2D eigenvalue weighted by molar-refractivity contribution is -0.150. The van der Waals surface area contributed by atoms with E-state index >= 15 is 0 Å². The molecule has 170 valence electrons. The number of ether oxygens (including phenoxy) is 2. The second-order valence-corrected chi connectivity index (χ2v) is 8.18. The van der Waals surface area contributed by atoms with Gasteiger partial charge in [-0.05, 0) is 31.0 Å². The SMILES string of the molecule is COCCN1C(=O)CC(C(=O)OC)C12CCN(C(=O)c1ccccc1-n1cccn1)CC2. The first-order valence-electron chi connectivity index (χ1n) is 10.8. The van der Waals surface area contributed by atoms with Gasteiger partial charge in [0.2, 0.25) is 5.91 Å². The van der Waals surface area contributed by atoms with E-state index in [4.69, 9.17) is 9.47 Å². The highest BCUT2D eigenvalue weighted by Gasteiger charge is 2.57. The number of aromatic nitrogens is 2. The molecule has 4 rings (SSSR count). The van der Waals surface area contributed by atoms with Crippen LogP contribution in [0.2, 0.25) is 0 Å². The van der Waals surface area contributed by atoms with Gasteiger partial charge in [-0.1, -0.05) is 12.1 Å². The molecule has 1 atom stereocenters. The zero-order valence-corrected chi connectivity index (χ0v) is 18.4. The van der Waals surface area contributed by atoms with Crippen LogP contribution in [-0.2, 0) is 19.1 Å². The molecule has 3 heterocycles. The Morgan fingerprint density at radius 1 is 1.16 bits per heavy atom. The summed E-state index contributed by atoms with van der Waals surface area (Å²) in [6.07, 6.45) is 4.63. The molecule has 2 aromatic rings. The fourth-order valence-corrected chi connectivity index (χ4v) is 5.04. The van der Waals surface area contributed by atoms with Crippen molar-refractivity contribution in [3.63, 3.8) is 0 Å². The van der Waals surface area contributed by atoms with Gasteiger partial charge in [0.05, 0.1) is 36.4 Å². The molecule has 9 heteroatoms. The second-order valence-electron chi connectivity index (χ2n) is 8.18. The van der Waals surface area contributed by atoms with E-state index in [9.17, 15) is 14.4 Å². The molecule has 2 aliphatic rings. The van der Waals surface area contributed by atoms with Crippen LogP contribution in [0.5, 0.6) is 0 Å². The molecule has 0 aliphatic carbocycles. The molecule has 1 unspecified atom stereocenters. The van der Waals surface area contributed by atoms with Gasteiger partial charge < -0.3 is 19.3 Å². The van der Waals surface area contributed by atoms with Crippen molar-refractivity contribution >= 4 is 17.8 Å². The normalized spacial score (nSPS) is 20.1. The quantitative estimate of drug-likeness (QED) is 0.632. The number of esters is 1. The van der Waals surface area contributed by atoms with Crippen LogP contribution >= 0.6 is 0 Å². The summed E-state index contributed by atoms with van der Waals surface area (Å²) in [5.74, 6) is -1.07. The summed E-state index contributed by atoms with van der Waals surface area (Å²) in [6.45, 7) is 1.69. The van der Waals surface area contributed by atoms with Gasteiger partial charge in [0.15, 0.2) is 0 Å². The van der Waals surface area contributed by atoms with E-state index in [1.165, 1.54) is 7.11 Å². The summed E-state index contributed by atoms with van der Waals surface area (Å²) in [5, 5.41) is 4.26. The van der Waals surface area contributed by atoms with Crippen LogP contribution in [0.3, 0.4) is 0 Å². The van der Waals surface area contributed by atoms with E-state index in [2.05, 4.69) is 5.10 Å². The van der Waals surface area contributed by atoms with Crippen LogP contribution in [0, 0.1) is 5.92 Å². The monoisotopic (exact) mass is 440 g/mol. The molecular weight excluding hydrogens is 412 g/mol. The van der Waals surface area contributed by atoms with E-state index in [1.807, 2.05) is 24.3 Å². The minimum atomic E-state index is -0.652. The molecule has 2 aliphatic heterocycles. The van der Waals surface area contributed by atoms with Crippen molar-refractivity contribution in [1.82, 2.24) is 19.6 Å². The number of para-hydroxylation sites is 1. The number of rotatable bonds is 6. The Kier molecular flexibility index (Phi) is 6.27. The standard InChI is InChI=1S/C23H28N4O5/c1-31-15-14-26-20(28)16-18(22(30)32-2)23(26)8-12-25(13-9-23)21(29)17-6-3-4-7-19(17)27-11-5-10-24-27/h3-7,10-11,18H,8-9,12-16H2,1-2H3. The number of methoxy groups -OCH3 is 2. The average Bonchev–Trinajstić information content (AvgIpc) is 3.45. The summed E-state index contributed by atoms with van der Waals surface area (Å²) in [4.78, 5) is 42.3. The Balaban J connectivity index is 1.56. The molecule has 32 heavy (non-hydrogen) atoms. The molecule has 1 spiro atoms. The first-order valence-corrected chi connectivity index (χ1v) is 10.8. The van der Waals surface area contributed by atoms with Crippen molar-refractivity contribution in [3.8, 4) is 5.69 Å². The van der Waals surface area contributed by atoms with Gasteiger partial charge in [-0.15, -0.1) is 0 Å². The number of piperidine rings is 1. The second kappa shape index (κ2) is 9.12. The van der Waals surface area contributed by atoms with E-state index < -0.39 is 11.5 Å². The third-order valence-electron chi connectivity index (χ3n) is 6.67. The van der Waals surface area contributed by atoms with Gasteiger partial charge in [-0.2, -0.15) is 5.10 Å². The van der Waals surface area contributed by atoms with Gasteiger partial charge >= 0.3 is 5.97 Å². The van der Waals surface area contributed by atoms with Gasteiger partial charge in [0, 0.05) is 45.6 Å². The molecule has 0 N–H and O–H groups in total. The molecule has 0 radical (unpaired) electrons. The van der Waals surface area contributed by atoms with Crippen molar-refractivity contribution in [2.45, 2.75) is 24.8 Å². The third kappa shape index (κ3) is 3.77. The highest BCUT2D eigenvalue weighted by molar-refractivity contribution is 5.98. The zero-order chi connectivity index (χ0) is 22.7. The summed E-state index contributed by atoms with van der Waals surface area (Å²) >= 11 is 0. The number of hydrogen-bond donors (Lipinski definition) is 0. The maximum atomic E-state index is 13.4. The maximum Gasteiger partial charge on any atom is 0.311 e. The molecule has 0 saturated carbocycles. The molecule has 0 bridgehead atoms. The molecule has 1 aromatic heterocycles. The maximum absolute atomic E-state index is 13.4. The predicted molar refractivity (Wildman–Crippen MR) is 115 cm³/mol. The van der Waals surface area contributed by atoms with Gasteiger partial charge in [-0.25, -0.2) is 4.68 Å². The van der Waals surface area contributed by atoms with Crippen LogP contribution in [0.4, 0.5) is 0 Å². The average molecular weight is 441 g/mol. The first kappa shape index (κ1) is 22.0. The van der Waals surface area contributed by atoms with Gasteiger partial charge in [-0.3, -0.25) is 14.4 Å². The molecule has 2 amide bonds. The number of carbonyl (C=O) groups is 3. The van der Waals surface area contributed by atoms with Crippen molar-refractivity contribution in [1.29, 1.82) is 0 Å². The molecule has 9 nitrogen and oxygen atoms in total. The van der Waals surface area contributed by atoms with Crippen LogP contribution in [0.25, 0.3) is 5.69 Å². The Bertz CT molecular complexity index is 982. The molecule has 2 saturated heterocycles. The minimum absolute atomic E-state index is 0.0683. The van der Waals surface area contributed by atoms with Crippen LogP contribution in [0.1, 0.15) is 29.6 Å². The van der Waals surface area contributed by atoms with E-state index in [0.29, 0.717) is 50.3 Å². The fourth-order valence-electron chi connectivity index (χ4n) is 5.04. The Morgan fingerprint density at radius 2 is 1.91 bits per heavy atom.